The van der Waals surface area contributed by atoms with Gasteiger partial charge in [-0.1, -0.05) is 0 Å². The maximum absolute atomic E-state index is 11.4. The van der Waals surface area contributed by atoms with Crippen molar-refractivity contribution in [2.24, 2.45) is 0 Å². The van der Waals surface area contributed by atoms with Gasteiger partial charge in [0, 0.05) is 12.2 Å². The highest BCUT2D eigenvalue weighted by molar-refractivity contribution is 6.00. The first-order valence-electron chi connectivity index (χ1n) is 4.40. The molecule has 0 radical (unpaired) electrons. The Balaban J connectivity index is 2.02. The molecule has 2 aliphatic heterocycles. The van der Waals surface area contributed by atoms with Gasteiger partial charge in [0.2, 0.25) is 0 Å². The summed E-state index contributed by atoms with van der Waals surface area (Å²) in [5, 5.41) is 0. The molecule has 14 heavy (non-hydrogen) atoms. The van der Waals surface area contributed by atoms with Gasteiger partial charge >= 0.3 is 0 Å². The third kappa shape index (κ3) is 2.13. The van der Waals surface area contributed by atoms with E-state index >= 15 is 0 Å². The molecule has 0 saturated heterocycles. The van der Waals surface area contributed by atoms with E-state index < -0.39 is 0 Å². The first-order chi connectivity index (χ1) is 6.84. The van der Waals surface area contributed by atoms with E-state index in [0.29, 0.717) is 24.7 Å². The zero-order valence-corrected chi connectivity index (χ0v) is 7.60. The van der Waals surface area contributed by atoms with Crippen molar-refractivity contribution in [2.45, 2.75) is 0 Å². The third-order valence-corrected chi connectivity index (χ3v) is 1.83. The summed E-state index contributed by atoms with van der Waals surface area (Å²) in [6, 6.07) is 0. The van der Waals surface area contributed by atoms with Crippen LogP contribution in [0.4, 0.5) is 0 Å². The monoisotopic (exact) mass is 190 g/mol. The van der Waals surface area contributed by atoms with Gasteiger partial charge < -0.3 is 9.47 Å². The lowest BCUT2D eigenvalue weighted by molar-refractivity contribution is -0.110. The van der Waals surface area contributed by atoms with Crippen LogP contribution in [0.3, 0.4) is 0 Å². The van der Waals surface area contributed by atoms with Gasteiger partial charge in [-0.2, -0.15) is 0 Å². The average molecular weight is 190 g/mol. The molecule has 3 nitrogen and oxygen atoms in total. The normalized spacial score (nSPS) is 24.3. The Hall–Kier alpha value is -1.77. The quantitative estimate of drug-likeness (QED) is 0.619. The zero-order valence-electron chi connectivity index (χ0n) is 7.60. The van der Waals surface area contributed by atoms with Crippen molar-refractivity contribution in [3.8, 4) is 0 Å². The van der Waals surface area contributed by atoms with Crippen LogP contribution < -0.4 is 0 Å². The molecule has 0 saturated carbocycles. The maximum Gasteiger partial charge on any atom is 0.186 e. The molecule has 2 heterocycles. The molecule has 0 N–H and O–H groups in total. The van der Waals surface area contributed by atoms with Crippen LogP contribution in [0.15, 0.2) is 48.0 Å². The molecule has 72 valence electrons. The van der Waals surface area contributed by atoms with Crippen LogP contribution in [0, 0.1) is 0 Å². The van der Waals surface area contributed by atoms with Gasteiger partial charge in [-0.3, -0.25) is 4.79 Å². The molecule has 0 bridgehead atoms. The Morgan fingerprint density at radius 3 is 1.93 bits per heavy atom. The van der Waals surface area contributed by atoms with Gasteiger partial charge in [-0.05, 0) is 24.3 Å². The molecular formula is C11H10O3. The SMILES string of the molecule is O=C(C=C1C=CCO1)C=C1C=CCO1. The van der Waals surface area contributed by atoms with Crippen LogP contribution in [0.1, 0.15) is 0 Å². The molecule has 0 atom stereocenters. The summed E-state index contributed by atoms with van der Waals surface area (Å²) >= 11 is 0. The number of hydrogen-bond acceptors (Lipinski definition) is 3. The van der Waals surface area contributed by atoms with E-state index in [1.807, 2.05) is 12.2 Å². The number of carbonyl (C=O) groups is 1. The first-order valence-corrected chi connectivity index (χ1v) is 4.40. The first kappa shape index (κ1) is 8.81. The molecule has 0 aromatic carbocycles. The van der Waals surface area contributed by atoms with Crippen LogP contribution in [0.25, 0.3) is 0 Å². The van der Waals surface area contributed by atoms with Crippen LogP contribution in [-0.2, 0) is 14.3 Å². The minimum absolute atomic E-state index is 0.117. The van der Waals surface area contributed by atoms with E-state index in [-0.39, 0.29) is 5.78 Å². The Labute approximate surface area is 82.0 Å². The summed E-state index contributed by atoms with van der Waals surface area (Å²) in [4.78, 5) is 11.4. The van der Waals surface area contributed by atoms with Crippen molar-refractivity contribution >= 4 is 5.78 Å². The van der Waals surface area contributed by atoms with E-state index in [9.17, 15) is 4.79 Å². The van der Waals surface area contributed by atoms with Gasteiger partial charge in [0.1, 0.15) is 24.7 Å². The standard InChI is InChI=1S/C11H10O3/c12-9(7-10-3-1-5-13-10)8-11-4-2-6-14-11/h1-4,7-8H,5-6H2. The zero-order chi connectivity index (χ0) is 9.80. The highest BCUT2D eigenvalue weighted by Gasteiger charge is 2.05. The van der Waals surface area contributed by atoms with E-state index in [4.69, 9.17) is 9.47 Å². The fourth-order valence-corrected chi connectivity index (χ4v) is 1.22. The summed E-state index contributed by atoms with van der Waals surface area (Å²) in [5.41, 5.74) is 0. The second kappa shape index (κ2) is 3.96. The largest absolute Gasteiger partial charge is 0.489 e. The molecule has 0 fully saturated rings. The van der Waals surface area contributed by atoms with Crippen molar-refractivity contribution in [3.63, 3.8) is 0 Å². The highest BCUT2D eigenvalue weighted by atomic mass is 16.5. The molecule has 0 aromatic rings. The molecule has 0 aliphatic carbocycles. The van der Waals surface area contributed by atoms with Gasteiger partial charge in [0.05, 0.1) is 0 Å². The van der Waals surface area contributed by atoms with E-state index in [1.54, 1.807) is 12.2 Å². The number of rotatable bonds is 2. The minimum Gasteiger partial charge on any atom is -0.489 e. The van der Waals surface area contributed by atoms with Crippen molar-refractivity contribution in [1.29, 1.82) is 0 Å². The second-order valence-corrected chi connectivity index (χ2v) is 2.92. The molecular weight excluding hydrogens is 180 g/mol. The van der Waals surface area contributed by atoms with Gasteiger partial charge in [-0.15, -0.1) is 0 Å². The van der Waals surface area contributed by atoms with Gasteiger partial charge in [0.25, 0.3) is 0 Å². The lowest BCUT2D eigenvalue weighted by Gasteiger charge is -1.96. The number of ether oxygens (including phenoxy) is 2. The molecule has 0 spiro atoms. The molecule has 3 heteroatoms. The van der Waals surface area contributed by atoms with Crippen LogP contribution in [-0.4, -0.2) is 19.0 Å². The molecule has 2 rings (SSSR count). The van der Waals surface area contributed by atoms with Crippen LogP contribution in [0.5, 0.6) is 0 Å². The fourth-order valence-electron chi connectivity index (χ4n) is 1.22. The lowest BCUT2D eigenvalue weighted by Crippen LogP contribution is -1.93. The van der Waals surface area contributed by atoms with Crippen molar-refractivity contribution in [2.75, 3.05) is 13.2 Å². The second-order valence-electron chi connectivity index (χ2n) is 2.92. The smallest absolute Gasteiger partial charge is 0.186 e. The van der Waals surface area contributed by atoms with Crippen molar-refractivity contribution in [1.82, 2.24) is 0 Å². The Kier molecular flexibility index (Phi) is 2.49. The highest BCUT2D eigenvalue weighted by Crippen LogP contribution is 2.10. The number of allylic oxidation sites excluding steroid dienone is 4. The van der Waals surface area contributed by atoms with Crippen LogP contribution >= 0.6 is 0 Å². The molecule has 2 aliphatic rings. The average Bonchev–Trinajstić information content (AvgIpc) is 2.76. The van der Waals surface area contributed by atoms with Crippen LogP contribution in [0.2, 0.25) is 0 Å². The number of ketones is 1. The van der Waals surface area contributed by atoms with Gasteiger partial charge in [-0.25, -0.2) is 0 Å². The third-order valence-electron chi connectivity index (χ3n) is 1.83. The van der Waals surface area contributed by atoms with E-state index in [2.05, 4.69) is 0 Å². The summed E-state index contributed by atoms with van der Waals surface area (Å²) in [7, 11) is 0. The summed E-state index contributed by atoms with van der Waals surface area (Å²) < 4.78 is 10.3. The predicted octanol–water partition coefficient (Wildman–Crippen LogP) is 1.50. The summed E-state index contributed by atoms with van der Waals surface area (Å²) in [6.07, 6.45) is 10.2. The Morgan fingerprint density at radius 2 is 1.57 bits per heavy atom. The lowest BCUT2D eigenvalue weighted by atomic mass is 10.3. The van der Waals surface area contributed by atoms with Crippen molar-refractivity contribution < 1.29 is 14.3 Å². The summed E-state index contributed by atoms with van der Waals surface area (Å²) in [6.45, 7) is 1.10. The Bertz CT molecular complexity index is 325. The minimum atomic E-state index is -0.117. The van der Waals surface area contributed by atoms with E-state index in [0.717, 1.165) is 0 Å². The fraction of sp³-hybridized carbons (Fsp3) is 0.182. The molecule has 0 amide bonds. The number of carbonyl (C=O) groups excluding carboxylic acids is 1. The topological polar surface area (TPSA) is 35.5 Å². The van der Waals surface area contributed by atoms with Crippen molar-refractivity contribution in [3.05, 3.63) is 48.0 Å². The Morgan fingerprint density at radius 1 is 1.07 bits per heavy atom. The van der Waals surface area contributed by atoms with Gasteiger partial charge in [0.15, 0.2) is 5.78 Å². The molecule has 0 aromatic heterocycles. The maximum atomic E-state index is 11.4. The molecule has 0 unspecified atom stereocenters. The summed E-state index contributed by atoms with van der Waals surface area (Å²) in [5.74, 6) is 1.09. The number of hydrogen-bond donors (Lipinski definition) is 0. The predicted molar refractivity (Wildman–Crippen MR) is 51.4 cm³/mol. The van der Waals surface area contributed by atoms with E-state index in [1.165, 1.54) is 12.2 Å².